The van der Waals surface area contributed by atoms with Crippen LogP contribution >= 0.6 is 0 Å². The molecule has 1 aromatic rings. The average Bonchev–Trinajstić information content (AvgIpc) is 2.25. The summed E-state index contributed by atoms with van der Waals surface area (Å²) in [7, 11) is 1.52. The zero-order valence-corrected chi connectivity index (χ0v) is 8.10. The number of hydrogen-bond acceptors (Lipinski definition) is 3. The highest BCUT2D eigenvalue weighted by atomic mass is 16.4. The Labute approximate surface area is 86.5 Å². The molecule has 0 saturated carbocycles. The van der Waals surface area contributed by atoms with Crippen LogP contribution in [-0.2, 0) is 4.79 Å². The fourth-order valence-electron chi connectivity index (χ4n) is 0.985. The van der Waals surface area contributed by atoms with Crippen molar-refractivity contribution in [3.05, 3.63) is 35.7 Å². The fraction of sp³-hybridized carbons (Fsp3) is 0.100. The van der Waals surface area contributed by atoms with E-state index >= 15 is 0 Å². The number of nitrogens with zero attached hydrogens (tertiary/aromatic N) is 1. The zero-order chi connectivity index (χ0) is 11.3. The van der Waals surface area contributed by atoms with Crippen LogP contribution in [0.25, 0.3) is 6.08 Å². The molecule has 0 aliphatic rings. The number of hydrogen-bond donors (Lipinski definition) is 2. The highest BCUT2D eigenvalue weighted by Gasteiger charge is 2.02. The molecule has 0 unspecified atom stereocenters. The second kappa shape index (κ2) is 4.90. The van der Waals surface area contributed by atoms with E-state index in [0.717, 1.165) is 6.08 Å². The number of pyridine rings is 1. The third kappa shape index (κ3) is 3.22. The van der Waals surface area contributed by atoms with Crippen molar-refractivity contribution in [1.82, 2.24) is 10.3 Å². The van der Waals surface area contributed by atoms with E-state index in [2.05, 4.69) is 10.3 Å². The van der Waals surface area contributed by atoms with Crippen molar-refractivity contribution < 1.29 is 14.7 Å². The molecule has 5 heteroatoms. The fourth-order valence-corrected chi connectivity index (χ4v) is 0.985. The number of amides is 1. The molecule has 0 bridgehead atoms. The van der Waals surface area contributed by atoms with Crippen LogP contribution in [0.15, 0.2) is 24.5 Å². The van der Waals surface area contributed by atoms with Crippen molar-refractivity contribution in [3.63, 3.8) is 0 Å². The summed E-state index contributed by atoms with van der Waals surface area (Å²) < 4.78 is 0. The van der Waals surface area contributed by atoms with E-state index in [1.54, 1.807) is 6.07 Å². The van der Waals surface area contributed by atoms with Gasteiger partial charge >= 0.3 is 5.97 Å². The Balaban J connectivity index is 2.92. The van der Waals surface area contributed by atoms with Crippen LogP contribution in [0.1, 0.15) is 15.9 Å². The van der Waals surface area contributed by atoms with E-state index in [9.17, 15) is 9.59 Å². The molecule has 0 spiro atoms. The minimum Gasteiger partial charge on any atom is -0.478 e. The van der Waals surface area contributed by atoms with Crippen molar-refractivity contribution in [2.24, 2.45) is 0 Å². The van der Waals surface area contributed by atoms with E-state index < -0.39 is 5.97 Å². The first-order chi connectivity index (χ1) is 7.13. The largest absolute Gasteiger partial charge is 0.478 e. The third-order valence-electron chi connectivity index (χ3n) is 1.67. The van der Waals surface area contributed by atoms with Gasteiger partial charge in [0.25, 0.3) is 5.91 Å². The van der Waals surface area contributed by atoms with Crippen molar-refractivity contribution in [1.29, 1.82) is 0 Å². The number of carbonyl (C=O) groups excluding carboxylic acids is 1. The summed E-state index contributed by atoms with van der Waals surface area (Å²) in [6.45, 7) is 0. The van der Waals surface area contributed by atoms with E-state index in [1.807, 2.05) is 0 Å². The summed E-state index contributed by atoms with van der Waals surface area (Å²) >= 11 is 0. The topological polar surface area (TPSA) is 79.3 Å². The lowest BCUT2D eigenvalue weighted by Crippen LogP contribution is -2.17. The molecule has 78 valence electrons. The minimum absolute atomic E-state index is 0.256. The second-order valence-electron chi connectivity index (χ2n) is 2.76. The van der Waals surface area contributed by atoms with E-state index in [1.165, 1.54) is 25.5 Å². The van der Waals surface area contributed by atoms with Crippen LogP contribution in [-0.4, -0.2) is 29.0 Å². The molecule has 0 aliphatic heterocycles. The molecular weight excluding hydrogens is 196 g/mol. The van der Waals surface area contributed by atoms with Gasteiger partial charge in [0.05, 0.1) is 5.56 Å². The van der Waals surface area contributed by atoms with Crippen molar-refractivity contribution >= 4 is 18.0 Å². The first kappa shape index (κ1) is 10.9. The summed E-state index contributed by atoms with van der Waals surface area (Å²) in [6, 6.07) is 1.56. The van der Waals surface area contributed by atoms with Gasteiger partial charge in [-0.3, -0.25) is 9.78 Å². The number of aliphatic carboxylic acids is 1. The maximum absolute atomic E-state index is 11.2. The molecular formula is C10H10N2O3. The normalized spacial score (nSPS) is 10.2. The Morgan fingerprint density at radius 2 is 2.20 bits per heavy atom. The van der Waals surface area contributed by atoms with Crippen LogP contribution in [0.2, 0.25) is 0 Å². The lowest BCUT2D eigenvalue weighted by Gasteiger charge is -1.99. The third-order valence-corrected chi connectivity index (χ3v) is 1.67. The van der Waals surface area contributed by atoms with Crippen LogP contribution in [0.5, 0.6) is 0 Å². The molecule has 5 nitrogen and oxygen atoms in total. The lowest BCUT2D eigenvalue weighted by molar-refractivity contribution is -0.131. The molecule has 0 fully saturated rings. The van der Waals surface area contributed by atoms with Gasteiger partial charge in [0, 0.05) is 25.5 Å². The highest BCUT2D eigenvalue weighted by molar-refractivity contribution is 5.94. The SMILES string of the molecule is CNC(=O)c1cncc(/C=C\C(=O)O)c1. The summed E-state index contributed by atoms with van der Waals surface area (Å²) in [5, 5.41) is 10.9. The van der Waals surface area contributed by atoms with Gasteiger partial charge < -0.3 is 10.4 Å². The molecule has 15 heavy (non-hydrogen) atoms. The number of aromatic nitrogens is 1. The van der Waals surface area contributed by atoms with E-state index in [0.29, 0.717) is 11.1 Å². The number of rotatable bonds is 3. The summed E-state index contributed by atoms with van der Waals surface area (Å²) in [5.74, 6) is -1.30. The van der Waals surface area contributed by atoms with Gasteiger partial charge in [-0.1, -0.05) is 0 Å². The van der Waals surface area contributed by atoms with Crippen molar-refractivity contribution in [3.8, 4) is 0 Å². The first-order valence-electron chi connectivity index (χ1n) is 4.21. The number of carbonyl (C=O) groups is 2. The van der Waals surface area contributed by atoms with Crippen LogP contribution in [0, 0.1) is 0 Å². The van der Waals surface area contributed by atoms with E-state index in [4.69, 9.17) is 5.11 Å². The molecule has 0 saturated heterocycles. The molecule has 2 N–H and O–H groups in total. The van der Waals surface area contributed by atoms with Gasteiger partial charge in [0.1, 0.15) is 0 Å². The number of carboxylic acids is 1. The summed E-state index contributed by atoms with van der Waals surface area (Å²) in [5.41, 5.74) is 0.962. The second-order valence-corrected chi connectivity index (χ2v) is 2.76. The van der Waals surface area contributed by atoms with Crippen LogP contribution < -0.4 is 5.32 Å². The minimum atomic E-state index is -1.04. The predicted octanol–water partition coefficient (Wildman–Crippen LogP) is 0.539. The Kier molecular flexibility index (Phi) is 3.56. The summed E-state index contributed by atoms with van der Waals surface area (Å²) in [4.78, 5) is 25.3. The quantitative estimate of drug-likeness (QED) is 0.707. The van der Waals surface area contributed by atoms with Gasteiger partial charge in [-0.05, 0) is 17.7 Å². The Bertz CT molecular complexity index is 413. The predicted molar refractivity (Wildman–Crippen MR) is 54.3 cm³/mol. The smallest absolute Gasteiger partial charge is 0.328 e. The van der Waals surface area contributed by atoms with Crippen molar-refractivity contribution in [2.75, 3.05) is 7.05 Å². The average molecular weight is 206 g/mol. The van der Waals surface area contributed by atoms with Crippen molar-refractivity contribution in [2.45, 2.75) is 0 Å². The molecule has 1 amide bonds. The van der Waals surface area contributed by atoms with Gasteiger partial charge in [-0.15, -0.1) is 0 Å². The molecule has 1 heterocycles. The molecule has 0 aliphatic carbocycles. The molecule has 0 radical (unpaired) electrons. The molecule has 1 rings (SSSR count). The van der Waals surface area contributed by atoms with Gasteiger partial charge in [-0.2, -0.15) is 0 Å². The van der Waals surface area contributed by atoms with Crippen LogP contribution in [0.3, 0.4) is 0 Å². The number of nitrogens with one attached hydrogen (secondary N) is 1. The number of carboxylic acid groups (broad SMARTS) is 1. The van der Waals surface area contributed by atoms with Gasteiger partial charge in [-0.25, -0.2) is 4.79 Å². The first-order valence-corrected chi connectivity index (χ1v) is 4.21. The lowest BCUT2D eigenvalue weighted by atomic mass is 10.2. The Morgan fingerprint density at radius 1 is 1.47 bits per heavy atom. The van der Waals surface area contributed by atoms with Gasteiger partial charge in [0.2, 0.25) is 0 Å². The highest BCUT2D eigenvalue weighted by Crippen LogP contribution is 2.04. The standard InChI is InChI=1S/C10H10N2O3/c1-11-10(15)8-4-7(5-12-6-8)2-3-9(13)14/h2-6H,1H3,(H,11,15)(H,13,14)/b3-2-. The maximum Gasteiger partial charge on any atom is 0.328 e. The molecule has 0 aromatic carbocycles. The molecule has 1 aromatic heterocycles. The van der Waals surface area contributed by atoms with Gasteiger partial charge in [0.15, 0.2) is 0 Å². The summed E-state index contributed by atoms with van der Waals surface area (Å²) in [6.07, 6.45) is 5.26. The maximum atomic E-state index is 11.2. The van der Waals surface area contributed by atoms with E-state index in [-0.39, 0.29) is 5.91 Å². The Hall–Kier alpha value is -2.17. The Morgan fingerprint density at radius 3 is 2.80 bits per heavy atom. The monoisotopic (exact) mass is 206 g/mol. The van der Waals surface area contributed by atoms with Crippen LogP contribution in [0.4, 0.5) is 0 Å². The molecule has 0 atom stereocenters. The zero-order valence-electron chi connectivity index (χ0n) is 8.10.